The zero-order valence-corrected chi connectivity index (χ0v) is 14.2. The molecule has 2 N–H and O–H groups in total. The summed E-state index contributed by atoms with van der Waals surface area (Å²) >= 11 is 0. The van der Waals surface area contributed by atoms with Crippen molar-refractivity contribution in [1.82, 2.24) is 0 Å². The Bertz CT molecular complexity index is 770. The van der Waals surface area contributed by atoms with E-state index in [1.54, 1.807) is 36.4 Å². The Kier molecular flexibility index (Phi) is 5.24. The van der Waals surface area contributed by atoms with E-state index in [0.717, 1.165) is 18.4 Å². The number of anilines is 1. The van der Waals surface area contributed by atoms with Gasteiger partial charge in [0.15, 0.2) is 12.3 Å². The van der Waals surface area contributed by atoms with Gasteiger partial charge < -0.3 is 10.2 Å². The lowest BCUT2D eigenvalue weighted by Gasteiger charge is -2.19. The van der Waals surface area contributed by atoms with E-state index in [1.807, 2.05) is 0 Å². The molecule has 25 heavy (non-hydrogen) atoms. The Morgan fingerprint density at radius 3 is 2.44 bits per heavy atom. The number of hydrogen-bond donors (Lipinski definition) is 2. The van der Waals surface area contributed by atoms with Gasteiger partial charge in [-0.2, -0.15) is 0 Å². The number of nitrogens with one attached hydrogen (secondary N) is 2. The van der Waals surface area contributed by atoms with Crippen LogP contribution in [-0.4, -0.2) is 24.3 Å². The molecule has 3 rings (SSSR count). The molecule has 4 nitrogen and oxygen atoms in total. The summed E-state index contributed by atoms with van der Waals surface area (Å²) in [7, 11) is 0. The van der Waals surface area contributed by atoms with Crippen LogP contribution in [0.1, 0.15) is 35.7 Å². The third-order valence-electron chi connectivity index (χ3n) is 4.47. The number of carbonyl (C=O) groups is 2. The molecule has 1 fully saturated rings. The van der Waals surface area contributed by atoms with Crippen molar-refractivity contribution in [3.8, 4) is 0 Å². The molecule has 0 aliphatic heterocycles. The van der Waals surface area contributed by atoms with E-state index in [9.17, 15) is 14.0 Å². The Morgan fingerprint density at radius 1 is 1.12 bits per heavy atom. The molecule has 2 aromatic rings. The molecular formula is C20H22FN2O2+. The Hall–Kier alpha value is -2.53. The van der Waals surface area contributed by atoms with E-state index in [4.69, 9.17) is 0 Å². The van der Waals surface area contributed by atoms with Gasteiger partial charge in [0.1, 0.15) is 12.4 Å². The number of carbonyl (C=O) groups excluding carboxylic acids is 2. The van der Waals surface area contributed by atoms with E-state index >= 15 is 0 Å². The van der Waals surface area contributed by atoms with Crippen LogP contribution in [0.3, 0.4) is 0 Å². The zero-order chi connectivity index (χ0) is 17.8. The Morgan fingerprint density at radius 2 is 1.80 bits per heavy atom. The highest BCUT2D eigenvalue weighted by Crippen LogP contribution is 2.17. The Balaban J connectivity index is 1.65. The highest BCUT2D eigenvalue weighted by Gasteiger charge is 2.34. The summed E-state index contributed by atoms with van der Waals surface area (Å²) < 4.78 is 13.1. The largest absolute Gasteiger partial charge is 0.321 e. The maximum atomic E-state index is 13.1. The van der Waals surface area contributed by atoms with Crippen LogP contribution in [0, 0.1) is 5.82 Å². The van der Waals surface area contributed by atoms with E-state index in [2.05, 4.69) is 5.32 Å². The van der Waals surface area contributed by atoms with Gasteiger partial charge in [0, 0.05) is 24.0 Å². The molecule has 0 radical (unpaired) electrons. The first kappa shape index (κ1) is 17.3. The molecular weight excluding hydrogens is 319 g/mol. The molecule has 0 bridgehead atoms. The van der Waals surface area contributed by atoms with Crippen molar-refractivity contribution < 1.29 is 18.9 Å². The van der Waals surface area contributed by atoms with Crippen molar-refractivity contribution >= 4 is 17.4 Å². The summed E-state index contributed by atoms with van der Waals surface area (Å²) in [5, 5.41) is 2.86. The smallest absolute Gasteiger partial charge is 0.279 e. The van der Waals surface area contributed by atoms with Crippen LogP contribution in [0.25, 0.3) is 0 Å². The van der Waals surface area contributed by atoms with Crippen molar-refractivity contribution in [2.75, 3.05) is 11.9 Å². The molecule has 2 aromatic carbocycles. The van der Waals surface area contributed by atoms with Gasteiger partial charge in [-0.3, -0.25) is 9.59 Å². The van der Waals surface area contributed by atoms with Crippen LogP contribution in [0.15, 0.2) is 48.5 Å². The number of rotatable bonds is 7. The van der Waals surface area contributed by atoms with Crippen molar-refractivity contribution in [3.63, 3.8) is 0 Å². The SMILES string of the molecule is CC(=O)c1ccccc1NC(=O)C[NH+](Cc1ccc(F)cc1)C1CC1. The first-order chi connectivity index (χ1) is 12.0. The summed E-state index contributed by atoms with van der Waals surface area (Å²) in [5.41, 5.74) is 2.08. The summed E-state index contributed by atoms with van der Waals surface area (Å²) in [5.74, 6) is -0.443. The number of Topliss-reactive ketones (excluding diaryl/α,β-unsaturated/α-hetero) is 1. The van der Waals surface area contributed by atoms with Gasteiger partial charge in [0.25, 0.3) is 5.91 Å². The fourth-order valence-corrected chi connectivity index (χ4v) is 3.01. The molecule has 1 amide bonds. The van der Waals surface area contributed by atoms with Gasteiger partial charge in [-0.15, -0.1) is 0 Å². The molecule has 0 aromatic heterocycles. The van der Waals surface area contributed by atoms with Crippen molar-refractivity contribution in [3.05, 3.63) is 65.5 Å². The molecule has 1 atom stereocenters. The minimum Gasteiger partial charge on any atom is -0.321 e. The number of amides is 1. The average Bonchev–Trinajstić information content (AvgIpc) is 3.41. The van der Waals surface area contributed by atoms with Gasteiger partial charge in [0.05, 0.1) is 11.7 Å². The lowest BCUT2D eigenvalue weighted by Crippen LogP contribution is -3.13. The lowest BCUT2D eigenvalue weighted by molar-refractivity contribution is -0.916. The number of hydrogen-bond acceptors (Lipinski definition) is 2. The van der Waals surface area contributed by atoms with Crippen LogP contribution >= 0.6 is 0 Å². The van der Waals surface area contributed by atoms with Crippen molar-refractivity contribution in [2.24, 2.45) is 0 Å². The first-order valence-electron chi connectivity index (χ1n) is 8.52. The third kappa shape index (κ3) is 4.73. The van der Waals surface area contributed by atoms with Gasteiger partial charge in [-0.05, 0) is 31.2 Å². The average molecular weight is 341 g/mol. The Labute approximate surface area is 146 Å². The standard InChI is InChI=1S/C20H21FN2O2/c1-14(24)18-4-2-3-5-19(18)22-20(25)13-23(17-10-11-17)12-15-6-8-16(21)9-7-15/h2-9,17H,10-13H2,1H3,(H,22,25)/p+1. The van der Waals surface area contributed by atoms with Gasteiger partial charge >= 0.3 is 0 Å². The second kappa shape index (κ2) is 7.57. The van der Waals surface area contributed by atoms with Crippen LogP contribution in [-0.2, 0) is 11.3 Å². The minimum atomic E-state index is -0.254. The highest BCUT2D eigenvalue weighted by molar-refractivity contribution is 6.03. The summed E-state index contributed by atoms with van der Waals surface area (Å²) in [6.45, 7) is 2.50. The van der Waals surface area contributed by atoms with E-state index in [1.165, 1.54) is 24.0 Å². The fraction of sp³-hybridized carbons (Fsp3) is 0.300. The maximum Gasteiger partial charge on any atom is 0.279 e. The van der Waals surface area contributed by atoms with E-state index < -0.39 is 0 Å². The van der Waals surface area contributed by atoms with Crippen LogP contribution in [0.5, 0.6) is 0 Å². The van der Waals surface area contributed by atoms with E-state index in [-0.39, 0.29) is 17.5 Å². The molecule has 0 spiro atoms. The molecule has 1 unspecified atom stereocenters. The second-order valence-corrected chi connectivity index (χ2v) is 6.56. The predicted octanol–water partition coefficient (Wildman–Crippen LogP) is 2.21. The van der Waals surface area contributed by atoms with Crippen LogP contribution in [0.4, 0.5) is 10.1 Å². The van der Waals surface area contributed by atoms with E-state index in [0.29, 0.717) is 30.4 Å². The lowest BCUT2D eigenvalue weighted by atomic mass is 10.1. The van der Waals surface area contributed by atoms with Crippen molar-refractivity contribution in [1.29, 1.82) is 0 Å². The predicted molar refractivity (Wildman–Crippen MR) is 94.0 cm³/mol. The number of para-hydroxylation sites is 1. The van der Waals surface area contributed by atoms with Crippen LogP contribution in [0.2, 0.25) is 0 Å². The number of ketones is 1. The monoisotopic (exact) mass is 341 g/mol. The summed E-state index contributed by atoms with van der Waals surface area (Å²) in [4.78, 5) is 25.3. The normalized spacial score (nSPS) is 14.8. The first-order valence-corrected chi connectivity index (χ1v) is 8.52. The molecule has 1 saturated carbocycles. The molecule has 1 aliphatic rings. The topological polar surface area (TPSA) is 50.6 Å². The second-order valence-electron chi connectivity index (χ2n) is 6.56. The molecule has 5 heteroatoms. The summed E-state index contributed by atoms with van der Waals surface area (Å²) in [6.07, 6.45) is 2.21. The quantitative estimate of drug-likeness (QED) is 0.759. The van der Waals surface area contributed by atoms with Crippen LogP contribution < -0.4 is 10.2 Å². The van der Waals surface area contributed by atoms with Gasteiger partial charge in [-0.1, -0.05) is 24.3 Å². The van der Waals surface area contributed by atoms with Crippen molar-refractivity contribution in [2.45, 2.75) is 32.4 Å². The highest BCUT2D eigenvalue weighted by atomic mass is 19.1. The van der Waals surface area contributed by atoms with Gasteiger partial charge in [0.2, 0.25) is 0 Å². The zero-order valence-electron chi connectivity index (χ0n) is 14.2. The maximum absolute atomic E-state index is 13.1. The number of quaternary nitrogens is 1. The fourth-order valence-electron chi connectivity index (χ4n) is 3.01. The number of benzene rings is 2. The van der Waals surface area contributed by atoms with Gasteiger partial charge in [-0.25, -0.2) is 4.39 Å². The molecule has 0 heterocycles. The molecule has 0 saturated heterocycles. The number of halogens is 1. The molecule has 130 valence electrons. The summed E-state index contributed by atoms with van der Waals surface area (Å²) in [6, 6.07) is 13.9. The molecule has 1 aliphatic carbocycles. The third-order valence-corrected chi connectivity index (χ3v) is 4.47. The minimum absolute atomic E-state index is 0.0754.